The van der Waals surface area contributed by atoms with Crippen molar-refractivity contribution in [1.82, 2.24) is 4.31 Å². The maximum Gasteiger partial charge on any atom is 0.305 e. The fourth-order valence-corrected chi connectivity index (χ4v) is 4.07. The van der Waals surface area contributed by atoms with E-state index in [2.05, 4.69) is 0 Å². The van der Waals surface area contributed by atoms with Gasteiger partial charge in [0.15, 0.2) is 11.5 Å². The van der Waals surface area contributed by atoms with E-state index in [1.807, 2.05) is 19.9 Å². The van der Waals surface area contributed by atoms with E-state index < -0.39 is 22.0 Å². The molecule has 0 fully saturated rings. The quantitative estimate of drug-likeness (QED) is 0.800. The molecule has 0 amide bonds. The Bertz CT molecular complexity index is 716. The number of sulfonamides is 1. The van der Waals surface area contributed by atoms with Gasteiger partial charge in [-0.05, 0) is 43.5 Å². The Morgan fingerprint density at radius 1 is 1.25 bits per heavy atom. The van der Waals surface area contributed by atoms with Crippen molar-refractivity contribution in [3.05, 3.63) is 23.3 Å². The van der Waals surface area contributed by atoms with E-state index in [-0.39, 0.29) is 13.0 Å². The predicted octanol–water partition coefficient (Wildman–Crippen LogP) is 1.82. The SMILES string of the molecule is CCOc1cc2c(cc1OCC)C(CC(=O)O)N(S(C)(=O)=O)CC2. The summed E-state index contributed by atoms with van der Waals surface area (Å²) in [6.45, 7) is 4.87. The molecule has 0 aliphatic carbocycles. The van der Waals surface area contributed by atoms with Crippen LogP contribution in [0.4, 0.5) is 0 Å². The first-order chi connectivity index (χ1) is 11.3. The normalized spacial score (nSPS) is 18.0. The van der Waals surface area contributed by atoms with Crippen molar-refractivity contribution in [3.63, 3.8) is 0 Å². The zero-order valence-corrected chi connectivity index (χ0v) is 14.9. The van der Waals surface area contributed by atoms with Gasteiger partial charge in [-0.25, -0.2) is 8.42 Å². The molecule has 1 aliphatic heterocycles. The van der Waals surface area contributed by atoms with Crippen LogP contribution in [0.1, 0.15) is 37.4 Å². The first-order valence-electron chi connectivity index (χ1n) is 7.88. The summed E-state index contributed by atoms with van der Waals surface area (Å²) in [4.78, 5) is 11.3. The van der Waals surface area contributed by atoms with Gasteiger partial charge in [0, 0.05) is 6.54 Å². The molecule has 0 spiro atoms. The highest BCUT2D eigenvalue weighted by Gasteiger charge is 2.35. The van der Waals surface area contributed by atoms with E-state index in [9.17, 15) is 18.3 Å². The van der Waals surface area contributed by atoms with Crippen LogP contribution >= 0.6 is 0 Å². The lowest BCUT2D eigenvalue weighted by molar-refractivity contribution is -0.138. The first-order valence-corrected chi connectivity index (χ1v) is 9.73. The third-order valence-electron chi connectivity index (χ3n) is 3.91. The minimum atomic E-state index is -3.51. The summed E-state index contributed by atoms with van der Waals surface area (Å²) in [6.07, 6.45) is 1.31. The second kappa shape index (κ2) is 7.40. The third-order valence-corrected chi connectivity index (χ3v) is 5.20. The molecule has 1 aromatic rings. The van der Waals surface area contributed by atoms with Crippen LogP contribution in [0, 0.1) is 0 Å². The number of rotatable bonds is 7. The summed E-state index contributed by atoms with van der Waals surface area (Å²) in [7, 11) is -3.51. The highest BCUT2D eigenvalue weighted by molar-refractivity contribution is 7.88. The molecule has 24 heavy (non-hydrogen) atoms. The molecule has 1 atom stereocenters. The molecule has 0 saturated heterocycles. The molecule has 1 heterocycles. The fraction of sp³-hybridized carbons (Fsp3) is 0.562. The molecule has 134 valence electrons. The van der Waals surface area contributed by atoms with Crippen LogP contribution in [0.5, 0.6) is 11.5 Å². The van der Waals surface area contributed by atoms with Crippen LogP contribution in [-0.4, -0.2) is 49.8 Å². The summed E-state index contributed by atoms with van der Waals surface area (Å²) in [5.41, 5.74) is 1.56. The van der Waals surface area contributed by atoms with Crippen molar-refractivity contribution in [2.24, 2.45) is 0 Å². The van der Waals surface area contributed by atoms with Crippen LogP contribution in [0.2, 0.25) is 0 Å². The van der Waals surface area contributed by atoms with Gasteiger partial charge in [0.1, 0.15) is 0 Å². The summed E-state index contributed by atoms with van der Waals surface area (Å²) >= 11 is 0. The lowest BCUT2D eigenvalue weighted by Crippen LogP contribution is -2.40. The van der Waals surface area contributed by atoms with Gasteiger partial charge < -0.3 is 14.6 Å². The first kappa shape index (κ1) is 18.5. The second-order valence-corrected chi connectivity index (χ2v) is 7.54. The molecular formula is C16H23NO6S. The number of fused-ring (bicyclic) bond motifs is 1. The maximum atomic E-state index is 12.0. The Labute approximate surface area is 142 Å². The summed E-state index contributed by atoms with van der Waals surface area (Å²) < 4.78 is 36.5. The highest BCUT2D eigenvalue weighted by Crippen LogP contribution is 2.40. The smallest absolute Gasteiger partial charge is 0.305 e. The van der Waals surface area contributed by atoms with Crippen molar-refractivity contribution < 1.29 is 27.8 Å². The molecule has 0 radical (unpaired) electrons. The number of hydrogen-bond acceptors (Lipinski definition) is 5. The Morgan fingerprint density at radius 2 is 1.83 bits per heavy atom. The molecule has 0 aromatic heterocycles. The van der Waals surface area contributed by atoms with Crippen molar-refractivity contribution >= 4 is 16.0 Å². The van der Waals surface area contributed by atoms with Gasteiger partial charge >= 0.3 is 5.97 Å². The molecule has 1 unspecified atom stereocenters. The number of nitrogens with zero attached hydrogens (tertiary/aromatic N) is 1. The van der Waals surface area contributed by atoms with Crippen molar-refractivity contribution in [3.8, 4) is 11.5 Å². The van der Waals surface area contributed by atoms with Crippen LogP contribution in [-0.2, 0) is 21.2 Å². The number of carboxylic acid groups (broad SMARTS) is 1. The molecule has 0 saturated carbocycles. The van der Waals surface area contributed by atoms with E-state index in [0.717, 1.165) is 11.8 Å². The molecule has 1 N–H and O–H groups in total. The number of hydrogen-bond donors (Lipinski definition) is 1. The largest absolute Gasteiger partial charge is 0.490 e. The minimum absolute atomic E-state index is 0.253. The van der Waals surface area contributed by atoms with E-state index in [1.54, 1.807) is 6.07 Å². The third kappa shape index (κ3) is 3.99. The van der Waals surface area contributed by atoms with E-state index in [0.29, 0.717) is 36.7 Å². The van der Waals surface area contributed by atoms with Crippen LogP contribution in [0.3, 0.4) is 0 Å². The van der Waals surface area contributed by atoms with Crippen molar-refractivity contribution in [2.75, 3.05) is 26.0 Å². The van der Waals surface area contributed by atoms with Gasteiger partial charge in [-0.1, -0.05) is 0 Å². The van der Waals surface area contributed by atoms with Crippen LogP contribution in [0.25, 0.3) is 0 Å². The average Bonchev–Trinajstić information content (AvgIpc) is 2.47. The van der Waals surface area contributed by atoms with Gasteiger partial charge in [-0.2, -0.15) is 4.31 Å². The number of carbonyl (C=O) groups is 1. The zero-order chi connectivity index (χ0) is 17.9. The van der Waals surface area contributed by atoms with Gasteiger partial charge in [0.25, 0.3) is 0 Å². The van der Waals surface area contributed by atoms with E-state index >= 15 is 0 Å². The van der Waals surface area contributed by atoms with Crippen molar-refractivity contribution in [1.29, 1.82) is 0 Å². The van der Waals surface area contributed by atoms with Crippen molar-refractivity contribution in [2.45, 2.75) is 32.7 Å². The van der Waals surface area contributed by atoms with E-state index in [1.165, 1.54) is 4.31 Å². The molecular weight excluding hydrogens is 334 g/mol. The average molecular weight is 357 g/mol. The summed E-state index contributed by atoms with van der Waals surface area (Å²) in [5, 5.41) is 9.21. The van der Waals surface area contributed by atoms with Gasteiger partial charge in [0.2, 0.25) is 10.0 Å². The molecule has 1 aromatic carbocycles. The Hall–Kier alpha value is -1.80. The van der Waals surface area contributed by atoms with Gasteiger partial charge in [-0.15, -0.1) is 0 Å². The number of ether oxygens (including phenoxy) is 2. The molecule has 2 rings (SSSR count). The Kier molecular flexibility index (Phi) is 5.71. The Balaban J connectivity index is 2.55. The van der Waals surface area contributed by atoms with Crippen LogP contribution < -0.4 is 9.47 Å². The lowest BCUT2D eigenvalue weighted by atomic mass is 9.91. The number of carboxylic acids is 1. The monoisotopic (exact) mass is 357 g/mol. The summed E-state index contributed by atoms with van der Waals surface area (Å²) in [6, 6.07) is 2.81. The van der Waals surface area contributed by atoms with Gasteiger partial charge in [0.05, 0.1) is 31.9 Å². The van der Waals surface area contributed by atoms with E-state index in [4.69, 9.17) is 9.47 Å². The fourth-order valence-electron chi connectivity index (χ4n) is 3.00. The highest BCUT2D eigenvalue weighted by atomic mass is 32.2. The summed E-state index contributed by atoms with van der Waals surface area (Å²) in [5.74, 6) is 0.0529. The van der Waals surface area contributed by atoms with Gasteiger partial charge in [-0.3, -0.25) is 4.79 Å². The molecule has 8 heteroatoms. The maximum absolute atomic E-state index is 12.0. The molecule has 0 bridgehead atoms. The number of aliphatic carboxylic acids is 1. The lowest BCUT2D eigenvalue weighted by Gasteiger charge is -2.35. The number of benzene rings is 1. The topological polar surface area (TPSA) is 93.1 Å². The standard InChI is InChI=1S/C16H23NO6S/c1-4-22-14-8-11-6-7-17(24(3,20)21)13(10-16(18)19)12(11)9-15(14)23-5-2/h8-9,13H,4-7,10H2,1-3H3,(H,18,19). The molecule has 7 nitrogen and oxygen atoms in total. The second-order valence-electron chi connectivity index (χ2n) is 5.60. The Morgan fingerprint density at radius 3 is 2.33 bits per heavy atom. The predicted molar refractivity (Wildman–Crippen MR) is 89.0 cm³/mol. The molecule has 1 aliphatic rings. The minimum Gasteiger partial charge on any atom is -0.490 e. The zero-order valence-electron chi connectivity index (χ0n) is 14.1. The van der Waals surface area contributed by atoms with Crippen LogP contribution in [0.15, 0.2) is 12.1 Å².